The lowest BCUT2D eigenvalue weighted by atomic mass is 10.0. The zero-order chi connectivity index (χ0) is 21.9. The summed E-state index contributed by atoms with van der Waals surface area (Å²) in [5.74, 6) is 1.56. The molecule has 3 N–H and O–H groups in total. The first-order valence-corrected chi connectivity index (χ1v) is 10.4. The van der Waals surface area contributed by atoms with E-state index in [0.29, 0.717) is 18.2 Å². The van der Waals surface area contributed by atoms with E-state index in [9.17, 15) is 4.79 Å². The zero-order valence-corrected chi connectivity index (χ0v) is 17.5. The molecule has 1 aliphatic carbocycles. The number of aromatic nitrogens is 7. The third kappa shape index (κ3) is 4.22. The van der Waals surface area contributed by atoms with Gasteiger partial charge in [0, 0.05) is 43.7 Å². The third-order valence-electron chi connectivity index (χ3n) is 5.63. The molecule has 4 heterocycles. The van der Waals surface area contributed by atoms with Crippen LogP contribution in [-0.4, -0.2) is 47.1 Å². The Bertz CT molecular complexity index is 1220. The number of hydrogen-bond donors (Lipinski definition) is 3. The number of alkyl carbamates (subject to hydrolysis) is 1. The quantitative estimate of drug-likeness (QED) is 0.422. The normalized spacial score (nSPS) is 18.0. The molecule has 0 bridgehead atoms. The smallest absolute Gasteiger partial charge is 0.407 e. The van der Waals surface area contributed by atoms with Crippen LogP contribution in [0.15, 0.2) is 43.1 Å². The highest BCUT2D eigenvalue weighted by molar-refractivity contribution is 5.86. The second-order valence-electron chi connectivity index (χ2n) is 7.81. The molecule has 164 valence electrons. The molecule has 0 aliphatic heterocycles. The Labute approximate surface area is 183 Å². The molecule has 4 aromatic heterocycles. The van der Waals surface area contributed by atoms with Crippen LogP contribution < -0.4 is 10.6 Å². The second kappa shape index (κ2) is 8.61. The fourth-order valence-electron chi connectivity index (χ4n) is 4.03. The van der Waals surface area contributed by atoms with Crippen LogP contribution in [0.2, 0.25) is 0 Å². The van der Waals surface area contributed by atoms with Gasteiger partial charge in [-0.2, -0.15) is 10.2 Å². The SMILES string of the molecule is Cn1ncc2ncnc(Nc3cc(C4CCC(OC(=O)NCc5cccnc5)C4)[nH]n3)c21. The number of anilines is 2. The number of nitrogens with zero attached hydrogens (tertiary/aromatic N) is 6. The number of rotatable bonds is 6. The van der Waals surface area contributed by atoms with Gasteiger partial charge < -0.3 is 15.4 Å². The lowest BCUT2D eigenvalue weighted by Gasteiger charge is -2.13. The maximum absolute atomic E-state index is 12.1. The second-order valence-corrected chi connectivity index (χ2v) is 7.81. The monoisotopic (exact) mass is 433 g/mol. The standard InChI is InChI=1S/C21H23N9O2/c1-30-19-17(11-26-30)24-12-25-20(19)27-18-8-16(28-29-18)14-4-5-15(7-14)32-21(31)23-10-13-3-2-6-22-9-13/h2-3,6,8-9,11-12,14-15H,4-5,7,10H2,1H3,(H,23,31)(H2,24,25,27,28,29). The first-order valence-electron chi connectivity index (χ1n) is 10.4. The highest BCUT2D eigenvalue weighted by Gasteiger charge is 2.30. The van der Waals surface area contributed by atoms with Crippen molar-refractivity contribution in [2.75, 3.05) is 5.32 Å². The summed E-state index contributed by atoms with van der Waals surface area (Å²) in [7, 11) is 1.85. The van der Waals surface area contributed by atoms with Gasteiger partial charge in [0.15, 0.2) is 11.6 Å². The Kier molecular flexibility index (Phi) is 5.36. The Morgan fingerprint density at radius 3 is 3.12 bits per heavy atom. The minimum absolute atomic E-state index is 0.121. The van der Waals surface area contributed by atoms with Crippen molar-refractivity contribution in [1.29, 1.82) is 0 Å². The first kappa shape index (κ1) is 19.9. The van der Waals surface area contributed by atoms with Crippen molar-refractivity contribution in [3.05, 3.63) is 54.4 Å². The Hall–Kier alpha value is -4.02. The van der Waals surface area contributed by atoms with E-state index in [1.165, 1.54) is 6.33 Å². The van der Waals surface area contributed by atoms with Crippen LogP contribution in [0.4, 0.5) is 16.4 Å². The zero-order valence-electron chi connectivity index (χ0n) is 17.5. The van der Waals surface area contributed by atoms with E-state index in [1.807, 2.05) is 25.2 Å². The van der Waals surface area contributed by atoms with E-state index in [0.717, 1.165) is 41.6 Å². The fourth-order valence-corrected chi connectivity index (χ4v) is 4.03. The van der Waals surface area contributed by atoms with Crippen LogP contribution in [-0.2, 0) is 18.3 Å². The molecule has 1 fully saturated rings. The summed E-state index contributed by atoms with van der Waals surface area (Å²) in [5, 5.41) is 17.7. The Balaban J connectivity index is 1.16. The van der Waals surface area contributed by atoms with Crippen molar-refractivity contribution < 1.29 is 9.53 Å². The van der Waals surface area contributed by atoms with Gasteiger partial charge in [0.1, 0.15) is 23.5 Å². The summed E-state index contributed by atoms with van der Waals surface area (Å²) in [5.41, 5.74) is 3.50. The summed E-state index contributed by atoms with van der Waals surface area (Å²) < 4.78 is 7.32. The van der Waals surface area contributed by atoms with Crippen LogP contribution in [0, 0.1) is 0 Å². The van der Waals surface area contributed by atoms with Crippen LogP contribution in [0.3, 0.4) is 0 Å². The topological polar surface area (TPSA) is 136 Å². The van der Waals surface area contributed by atoms with Crippen LogP contribution in [0.5, 0.6) is 0 Å². The summed E-state index contributed by atoms with van der Waals surface area (Å²) in [4.78, 5) is 24.7. The number of amides is 1. The van der Waals surface area contributed by atoms with Gasteiger partial charge in [-0.3, -0.25) is 14.8 Å². The molecule has 11 nitrogen and oxygen atoms in total. The molecule has 1 aliphatic rings. The molecule has 1 amide bonds. The molecule has 2 unspecified atom stereocenters. The van der Waals surface area contributed by atoms with Gasteiger partial charge in [0.05, 0.1) is 6.20 Å². The number of hydrogen-bond acceptors (Lipinski definition) is 8. The lowest BCUT2D eigenvalue weighted by Crippen LogP contribution is -2.27. The van der Waals surface area contributed by atoms with Crippen LogP contribution in [0.1, 0.15) is 36.4 Å². The van der Waals surface area contributed by atoms with Gasteiger partial charge >= 0.3 is 6.09 Å². The molecule has 11 heteroatoms. The van der Waals surface area contributed by atoms with Crippen LogP contribution in [0.25, 0.3) is 11.0 Å². The summed E-state index contributed by atoms with van der Waals surface area (Å²) in [6.07, 6.45) is 8.57. The number of nitrogens with one attached hydrogen (secondary N) is 3. The molecular weight excluding hydrogens is 410 g/mol. The van der Waals surface area contributed by atoms with Gasteiger partial charge in [-0.05, 0) is 30.9 Å². The molecule has 2 atom stereocenters. The molecule has 0 saturated heterocycles. The predicted molar refractivity (Wildman–Crippen MR) is 116 cm³/mol. The highest BCUT2D eigenvalue weighted by atomic mass is 16.6. The van der Waals surface area contributed by atoms with Gasteiger partial charge in [-0.1, -0.05) is 6.07 Å². The average molecular weight is 433 g/mol. The highest BCUT2D eigenvalue weighted by Crippen LogP contribution is 2.36. The van der Waals surface area contributed by atoms with Crippen LogP contribution >= 0.6 is 0 Å². The van der Waals surface area contributed by atoms with E-state index in [1.54, 1.807) is 23.3 Å². The summed E-state index contributed by atoms with van der Waals surface area (Å²) in [6, 6.07) is 5.71. The van der Waals surface area contributed by atoms with Crippen molar-refractivity contribution in [3.63, 3.8) is 0 Å². The maximum Gasteiger partial charge on any atom is 0.407 e. The number of fused-ring (bicyclic) bond motifs is 1. The maximum atomic E-state index is 12.1. The molecule has 4 aromatic rings. The largest absolute Gasteiger partial charge is 0.446 e. The van der Waals surface area contributed by atoms with Crippen molar-refractivity contribution in [1.82, 2.24) is 40.2 Å². The molecular formula is C21H23N9O2. The molecule has 0 radical (unpaired) electrons. The number of aryl methyl sites for hydroxylation is 1. The van der Waals surface area contributed by atoms with Gasteiger partial charge in [0.2, 0.25) is 0 Å². The summed E-state index contributed by atoms with van der Waals surface area (Å²) in [6.45, 7) is 0.394. The first-order chi connectivity index (χ1) is 15.7. The van der Waals surface area contributed by atoms with E-state index in [4.69, 9.17) is 4.74 Å². The number of carbonyl (C=O) groups is 1. The number of carbonyl (C=O) groups excluding carboxylic acids is 1. The fraction of sp³-hybridized carbons (Fsp3) is 0.333. The minimum Gasteiger partial charge on any atom is -0.446 e. The number of aromatic amines is 1. The Morgan fingerprint density at radius 1 is 1.31 bits per heavy atom. The summed E-state index contributed by atoms with van der Waals surface area (Å²) >= 11 is 0. The molecule has 0 spiro atoms. The van der Waals surface area contributed by atoms with E-state index in [-0.39, 0.29) is 12.0 Å². The Morgan fingerprint density at radius 2 is 2.25 bits per heavy atom. The number of H-pyrrole nitrogens is 1. The predicted octanol–water partition coefficient (Wildman–Crippen LogP) is 2.79. The van der Waals surface area contributed by atoms with Crippen molar-refractivity contribution in [3.8, 4) is 0 Å². The van der Waals surface area contributed by atoms with E-state index in [2.05, 4.69) is 40.9 Å². The van der Waals surface area contributed by atoms with Gasteiger partial charge in [-0.25, -0.2) is 14.8 Å². The number of pyridine rings is 1. The minimum atomic E-state index is -0.407. The molecule has 1 saturated carbocycles. The van der Waals surface area contributed by atoms with Crippen molar-refractivity contribution >= 4 is 28.8 Å². The van der Waals surface area contributed by atoms with Gasteiger partial charge in [-0.15, -0.1) is 0 Å². The number of ether oxygens (including phenoxy) is 1. The van der Waals surface area contributed by atoms with Crippen molar-refractivity contribution in [2.24, 2.45) is 7.05 Å². The van der Waals surface area contributed by atoms with Gasteiger partial charge in [0.25, 0.3) is 0 Å². The third-order valence-corrected chi connectivity index (χ3v) is 5.63. The van der Waals surface area contributed by atoms with E-state index >= 15 is 0 Å². The average Bonchev–Trinajstić information content (AvgIpc) is 3.54. The molecule has 0 aromatic carbocycles. The molecule has 5 rings (SSSR count). The molecule has 32 heavy (non-hydrogen) atoms. The van der Waals surface area contributed by atoms with E-state index < -0.39 is 6.09 Å². The lowest BCUT2D eigenvalue weighted by molar-refractivity contribution is 0.0996. The van der Waals surface area contributed by atoms with Crippen molar-refractivity contribution in [2.45, 2.75) is 37.8 Å².